The molecule has 106 valence electrons. The smallest absolute Gasteiger partial charge is 0.276 e. The van der Waals surface area contributed by atoms with E-state index in [4.69, 9.17) is 12.2 Å². The highest BCUT2D eigenvalue weighted by atomic mass is 32.1. The number of unbranched alkanes of at least 4 members (excludes halogenated alkanes) is 2. The van der Waals surface area contributed by atoms with Crippen LogP contribution in [0.1, 0.15) is 44.7 Å². The first-order valence-electron chi connectivity index (χ1n) is 7.04. The van der Waals surface area contributed by atoms with Crippen LogP contribution in [0.15, 0.2) is 42.1 Å². The zero-order valence-corrected chi connectivity index (χ0v) is 12.7. The van der Waals surface area contributed by atoms with Crippen molar-refractivity contribution in [2.24, 2.45) is 0 Å². The minimum absolute atomic E-state index is 0.0255. The van der Waals surface area contributed by atoms with Crippen LogP contribution in [0, 0.1) is 0 Å². The van der Waals surface area contributed by atoms with Crippen LogP contribution in [0.25, 0.3) is 0 Å². The van der Waals surface area contributed by atoms with Crippen molar-refractivity contribution in [2.75, 3.05) is 0 Å². The van der Waals surface area contributed by atoms with Gasteiger partial charge in [-0.15, -0.1) is 0 Å². The summed E-state index contributed by atoms with van der Waals surface area (Å²) in [6.45, 7) is 4.13. The minimum Gasteiger partial charge on any atom is -0.328 e. The Labute approximate surface area is 125 Å². The van der Waals surface area contributed by atoms with Crippen LogP contribution >= 0.6 is 12.2 Å². The van der Waals surface area contributed by atoms with Gasteiger partial charge >= 0.3 is 0 Å². The molecule has 0 saturated carbocycles. The molecule has 1 aromatic carbocycles. The van der Waals surface area contributed by atoms with Crippen LogP contribution < -0.4 is 5.32 Å². The lowest BCUT2D eigenvalue weighted by atomic mass is 10.1. The first kappa shape index (κ1) is 14.7. The van der Waals surface area contributed by atoms with Gasteiger partial charge in [0.05, 0.1) is 6.04 Å². The molecule has 1 aliphatic rings. The second-order valence-corrected chi connectivity index (χ2v) is 5.34. The summed E-state index contributed by atoms with van der Waals surface area (Å²) in [5, 5.41) is 3.53. The third kappa shape index (κ3) is 3.07. The number of allylic oxidation sites excluding steroid dienone is 1. The van der Waals surface area contributed by atoms with Gasteiger partial charge in [-0.2, -0.15) is 0 Å². The number of nitrogens with one attached hydrogen (secondary N) is 1. The lowest BCUT2D eigenvalue weighted by Gasteiger charge is -2.23. The number of rotatable bonds is 5. The Balaban J connectivity index is 2.15. The average molecular weight is 288 g/mol. The van der Waals surface area contributed by atoms with Crippen LogP contribution in [-0.4, -0.2) is 15.9 Å². The molecule has 1 aromatic rings. The van der Waals surface area contributed by atoms with Gasteiger partial charge in [0.25, 0.3) is 5.91 Å². The van der Waals surface area contributed by atoms with Gasteiger partial charge in [-0.1, -0.05) is 49.8 Å². The van der Waals surface area contributed by atoms with E-state index in [1.54, 1.807) is 4.90 Å². The molecule has 4 heteroatoms. The van der Waals surface area contributed by atoms with Crippen molar-refractivity contribution in [3.8, 4) is 0 Å². The number of thiocarbonyl (C=S) groups is 1. The molecular weight excluding hydrogens is 268 g/mol. The molecule has 0 aromatic heterocycles. The fourth-order valence-corrected chi connectivity index (χ4v) is 2.62. The summed E-state index contributed by atoms with van der Waals surface area (Å²) in [6.07, 6.45) is 5.06. The van der Waals surface area contributed by atoms with Gasteiger partial charge in [0, 0.05) is 0 Å². The predicted octanol–water partition coefficient (Wildman–Crippen LogP) is 3.54. The van der Waals surface area contributed by atoms with E-state index in [0.29, 0.717) is 10.8 Å². The summed E-state index contributed by atoms with van der Waals surface area (Å²) >= 11 is 5.30. The summed E-state index contributed by atoms with van der Waals surface area (Å²) in [5.74, 6) is -0.0255. The van der Waals surface area contributed by atoms with E-state index in [1.807, 2.05) is 43.3 Å². The molecule has 1 amide bonds. The Morgan fingerprint density at radius 3 is 2.70 bits per heavy atom. The summed E-state index contributed by atoms with van der Waals surface area (Å²) in [4.78, 5) is 14.1. The molecule has 0 aliphatic carbocycles. The average Bonchev–Trinajstić information content (AvgIpc) is 2.74. The number of hydrogen-bond acceptors (Lipinski definition) is 2. The maximum atomic E-state index is 12.4. The second kappa shape index (κ2) is 6.66. The molecule has 20 heavy (non-hydrogen) atoms. The lowest BCUT2D eigenvalue weighted by Crippen LogP contribution is -2.33. The molecule has 2 rings (SSSR count). The van der Waals surface area contributed by atoms with Crippen LogP contribution in [0.5, 0.6) is 0 Å². The highest BCUT2D eigenvalue weighted by Crippen LogP contribution is 2.25. The van der Waals surface area contributed by atoms with E-state index in [9.17, 15) is 4.79 Å². The van der Waals surface area contributed by atoms with E-state index >= 15 is 0 Å². The Bertz CT molecular complexity index is 525. The third-order valence-electron chi connectivity index (χ3n) is 3.49. The van der Waals surface area contributed by atoms with Crippen molar-refractivity contribution in [1.29, 1.82) is 0 Å². The molecular formula is C16H20N2OS. The Morgan fingerprint density at radius 1 is 1.35 bits per heavy atom. The number of nitrogens with zero attached hydrogens (tertiary/aromatic N) is 1. The van der Waals surface area contributed by atoms with E-state index < -0.39 is 0 Å². The Hall–Kier alpha value is -1.68. The SMILES string of the molecule is CCCC/C=C1\NC(=S)N(C(C)c2ccccc2)C1=O. The van der Waals surface area contributed by atoms with E-state index in [-0.39, 0.29) is 11.9 Å². The van der Waals surface area contributed by atoms with Gasteiger partial charge in [0.15, 0.2) is 5.11 Å². The van der Waals surface area contributed by atoms with E-state index in [1.165, 1.54) is 0 Å². The number of carbonyl (C=O) groups is 1. The van der Waals surface area contributed by atoms with Gasteiger partial charge < -0.3 is 5.32 Å². The highest BCUT2D eigenvalue weighted by molar-refractivity contribution is 7.80. The topological polar surface area (TPSA) is 32.3 Å². The Kier molecular flexibility index (Phi) is 4.90. The molecule has 0 radical (unpaired) electrons. The van der Waals surface area contributed by atoms with Gasteiger partial charge in [0.2, 0.25) is 0 Å². The number of hydrogen-bond donors (Lipinski definition) is 1. The largest absolute Gasteiger partial charge is 0.328 e. The first-order valence-corrected chi connectivity index (χ1v) is 7.45. The maximum Gasteiger partial charge on any atom is 0.276 e. The van der Waals surface area contributed by atoms with Crippen molar-refractivity contribution in [3.05, 3.63) is 47.7 Å². The maximum absolute atomic E-state index is 12.4. The molecule has 1 heterocycles. The van der Waals surface area contributed by atoms with Crippen LogP contribution in [-0.2, 0) is 4.79 Å². The molecule has 0 bridgehead atoms. The zero-order valence-electron chi connectivity index (χ0n) is 11.9. The number of benzene rings is 1. The molecule has 1 atom stereocenters. The fourth-order valence-electron chi connectivity index (χ4n) is 2.27. The number of carbonyl (C=O) groups excluding carboxylic acids is 1. The molecule has 1 aliphatic heterocycles. The zero-order chi connectivity index (χ0) is 14.5. The van der Waals surface area contributed by atoms with Crippen molar-refractivity contribution in [3.63, 3.8) is 0 Å². The molecule has 1 unspecified atom stereocenters. The van der Waals surface area contributed by atoms with Crippen molar-refractivity contribution >= 4 is 23.2 Å². The molecule has 0 spiro atoms. The molecule has 1 fully saturated rings. The van der Waals surface area contributed by atoms with Gasteiger partial charge in [-0.05, 0) is 37.5 Å². The first-order chi connectivity index (χ1) is 9.65. The van der Waals surface area contributed by atoms with Crippen LogP contribution in [0.4, 0.5) is 0 Å². The summed E-state index contributed by atoms with van der Waals surface area (Å²) in [5.41, 5.74) is 1.70. The fraction of sp³-hybridized carbons (Fsp3) is 0.375. The van der Waals surface area contributed by atoms with Crippen molar-refractivity contribution in [1.82, 2.24) is 10.2 Å². The van der Waals surface area contributed by atoms with Crippen LogP contribution in [0.3, 0.4) is 0 Å². The van der Waals surface area contributed by atoms with Crippen molar-refractivity contribution in [2.45, 2.75) is 39.2 Å². The minimum atomic E-state index is -0.0548. The summed E-state index contributed by atoms with van der Waals surface area (Å²) in [6, 6.07) is 9.88. The van der Waals surface area contributed by atoms with E-state index in [2.05, 4.69) is 12.2 Å². The predicted molar refractivity (Wildman–Crippen MR) is 85.0 cm³/mol. The third-order valence-corrected chi connectivity index (χ3v) is 3.78. The standard InChI is InChI=1S/C16H20N2OS/c1-3-4-6-11-14-15(19)18(16(20)17-14)12(2)13-9-7-5-8-10-13/h5,7-12H,3-4,6H2,1-2H3,(H,17,20)/b14-11-. The summed E-state index contributed by atoms with van der Waals surface area (Å²) in [7, 11) is 0. The highest BCUT2D eigenvalue weighted by Gasteiger charge is 2.34. The summed E-state index contributed by atoms with van der Waals surface area (Å²) < 4.78 is 0. The lowest BCUT2D eigenvalue weighted by molar-refractivity contribution is -0.123. The van der Waals surface area contributed by atoms with Gasteiger partial charge in [0.1, 0.15) is 5.70 Å². The number of amides is 1. The van der Waals surface area contributed by atoms with Gasteiger partial charge in [-0.25, -0.2) is 0 Å². The molecule has 3 nitrogen and oxygen atoms in total. The van der Waals surface area contributed by atoms with E-state index in [0.717, 1.165) is 24.8 Å². The molecule has 1 saturated heterocycles. The normalized spacial score (nSPS) is 18.5. The van der Waals surface area contributed by atoms with Crippen molar-refractivity contribution < 1.29 is 4.79 Å². The Morgan fingerprint density at radius 2 is 2.05 bits per heavy atom. The quantitative estimate of drug-likeness (QED) is 0.511. The molecule has 1 N–H and O–H groups in total. The second-order valence-electron chi connectivity index (χ2n) is 4.95. The van der Waals surface area contributed by atoms with Gasteiger partial charge in [-0.3, -0.25) is 9.69 Å². The van der Waals surface area contributed by atoms with Crippen LogP contribution in [0.2, 0.25) is 0 Å². The monoisotopic (exact) mass is 288 g/mol.